The number of carbonyl (C=O) groups excluding carboxylic acids is 2. The van der Waals surface area contributed by atoms with Crippen LogP contribution in [0.4, 0.5) is 15.8 Å². The third kappa shape index (κ3) is 5.26. The van der Waals surface area contributed by atoms with E-state index in [2.05, 4.69) is 45.7 Å². The summed E-state index contributed by atoms with van der Waals surface area (Å²) < 4.78 is 18.8. The molecule has 2 amide bonds. The minimum absolute atomic E-state index is 0.0673. The van der Waals surface area contributed by atoms with E-state index < -0.39 is 17.6 Å². The number of benzene rings is 2. The van der Waals surface area contributed by atoms with E-state index in [4.69, 9.17) is 4.74 Å². The van der Waals surface area contributed by atoms with Gasteiger partial charge in [0.2, 0.25) is 0 Å². The number of rotatable bonds is 5. The first-order valence-corrected chi connectivity index (χ1v) is 11.0. The lowest BCUT2D eigenvalue weighted by Gasteiger charge is -2.36. The summed E-state index contributed by atoms with van der Waals surface area (Å²) in [6.45, 7) is 4.14. The summed E-state index contributed by atoms with van der Waals surface area (Å²) in [6, 6.07) is 11.9. The number of anilines is 2. The molecule has 1 fully saturated rings. The Labute approximate surface area is 187 Å². The number of halogens is 1. The average molecular weight is 441 g/mol. The molecule has 2 aliphatic heterocycles. The minimum Gasteiger partial charge on any atom is -0.379 e. The zero-order valence-electron chi connectivity index (χ0n) is 18.3. The first kappa shape index (κ1) is 22.2. The Kier molecular flexibility index (Phi) is 7.02. The van der Waals surface area contributed by atoms with Crippen molar-refractivity contribution in [1.29, 1.82) is 0 Å². The Morgan fingerprint density at radius 2 is 1.91 bits per heavy atom. The van der Waals surface area contributed by atoms with Crippen molar-refractivity contribution in [2.45, 2.75) is 18.9 Å². The van der Waals surface area contributed by atoms with Gasteiger partial charge in [-0.1, -0.05) is 18.2 Å². The van der Waals surface area contributed by atoms with Gasteiger partial charge >= 0.3 is 11.8 Å². The molecule has 32 heavy (non-hydrogen) atoms. The minimum atomic E-state index is -0.816. The highest BCUT2D eigenvalue weighted by Gasteiger charge is 2.26. The third-order valence-corrected chi connectivity index (χ3v) is 6.07. The van der Waals surface area contributed by atoms with Crippen LogP contribution in [0, 0.1) is 5.82 Å². The predicted octanol–water partition coefficient (Wildman–Crippen LogP) is 2.34. The second kappa shape index (κ2) is 10.1. The Morgan fingerprint density at radius 3 is 2.69 bits per heavy atom. The number of aryl methyl sites for hydroxylation is 1. The molecule has 0 saturated carbocycles. The largest absolute Gasteiger partial charge is 0.379 e. The Balaban J connectivity index is 1.46. The maximum absolute atomic E-state index is 13.3. The smallest absolute Gasteiger partial charge is 0.313 e. The van der Waals surface area contributed by atoms with Gasteiger partial charge < -0.3 is 20.3 Å². The van der Waals surface area contributed by atoms with Crippen LogP contribution in [0.15, 0.2) is 42.5 Å². The standard InChI is InChI=1S/C24H29FN4O3/c1-28-9-3-4-17-14-18(7-8-21(17)28)22(29-10-12-32-13-11-29)16-26-23(30)24(31)27-20-6-2-5-19(25)15-20/h2,5-8,14-15,22H,3-4,9-13,16H2,1H3,(H,26,30)(H,27,31)/t22-/m1/s1. The molecule has 2 aromatic carbocycles. The lowest BCUT2D eigenvalue weighted by molar-refractivity contribution is -0.136. The molecule has 170 valence electrons. The van der Waals surface area contributed by atoms with E-state index in [1.807, 2.05) is 0 Å². The summed E-state index contributed by atoms with van der Waals surface area (Å²) in [7, 11) is 2.11. The maximum atomic E-state index is 13.3. The van der Waals surface area contributed by atoms with Crippen LogP contribution >= 0.6 is 0 Å². The summed E-state index contributed by atoms with van der Waals surface area (Å²) in [6.07, 6.45) is 2.15. The Bertz CT molecular complexity index is 977. The summed E-state index contributed by atoms with van der Waals surface area (Å²) in [5, 5.41) is 5.21. The number of hydrogen-bond donors (Lipinski definition) is 2. The van der Waals surface area contributed by atoms with Crippen molar-refractivity contribution in [3.05, 3.63) is 59.4 Å². The van der Waals surface area contributed by atoms with Gasteiger partial charge in [0.25, 0.3) is 0 Å². The maximum Gasteiger partial charge on any atom is 0.313 e. The summed E-state index contributed by atoms with van der Waals surface area (Å²) >= 11 is 0. The van der Waals surface area contributed by atoms with Crippen molar-refractivity contribution in [2.75, 3.05) is 56.7 Å². The van der Waals surface area contributed by atoms with Crippen molar-refractivity contribution >= 4 is 23.2 Å². The fraction of sp³-hybridized carbons (Fsp3) is 0.417. The SMILES string of the molecule is CN1CCCc2cc([C@@H](CNC(=O)C(=O)Nc3cccc(F)c3)N3CCOCC3)ccc21. The second-order valence-electron chi connectivity index (χ2n) is 8.25. The normalized spacial score (nSPS) is 17.4. The Morgan fingerprint density at radius 1 is 1.09 bits per heavy atom. The number of morpholine rings is 1. The van der Waals surface area contributed by atoms with E-state index in [0.29, 0.717) is 19.8 Å². The van der Waals surface area contributed by atoms with Gasteiger partial charge in [0, 0.05) is 44.6 Å². The predicted molar refractivity (Wildman–Crippen MR) is 121 cm³/mol. The second-order valence-corrected chi connectivity index (χ2v) is 8.25. The highest BCUT2D eigenvalue weighted by molar-refractivity contribution is 6.39. The van der Waals surface area contributed by atoms with Gasteiger partial charge in [-0.25, -0.2) is 4.39 Å². The molecular weight excluding hydrogens is 411 g/mol. The molecule has 0 aliphatic carbocycles. The fourth-order valence-corrected chi connectivity index (χ4v) is 4.38. The summed E-state index contributed by atoms with van der Waals surface area (Å²) in [5.74, 6) is -2.04. The van der Waals surface area contributed by atoms with E-state index in [9.17, 15) is 14.0 Å². The van der Waals surface area contributed by atoms with Crippen LogP contribution in [-0.4, -0.2) is 63.2 Å². The van der Waals surface area contributed by atoms with Gasteiger partial charge in [0.15, 0.2) is 0 Å². The molecule has 2 heterocycles. The van der Waals surface area contributed by atoms with Gasteiger partial charge in [0.1, 0.15) is 5.82 Å². The molecule has 0 aromatic heterocycles. The monoisotopic (exact) mass is 440 g/mol. The van der Waals surface area contributed by atoms with E-state index in [1.54, 1.807) is 0 Å². The van der Waals surface area contributed by atoms with Crippen LogP contribution in [0.2, 0.25) is 0 Å². The quantitative estimate of drug-likeness (QED) is 0.699. The molecule has 0 radical (unpaired) electrons. The van der Waals surface area contributed by atoms with Crippen LogP contribution in [0.5, 0.6) is 0 Å². The van der Waals surface area contributed by atoms with Crippen molar-refractivity contribution in [1.82, 2.24) is 10.2 Å². The molecule has 0 spiro atoms. The topological polar surface area (TPSA) is 73.9 Å². The van der Waals surface area contributed by atoms with Gasteiger partial charge in [0.05, 0.1) is 19.3 Å². The van der Waals surface area contributed by atoms with Crippen LogP contribution in [0.1, 0.15) is 23.6 Å². The van der Waals surface area contributed by atoms with Crippen LogP contribution in [-0.2, 0) is 20.7 Å². The fourth-order valence-electron chi connectivity index (χ4n) is 4.38. The molecule has 2 aliphatic rings. The molecule has 0 unspecified atom stereocenters. The average Bonchev–Trinajstić information content (AvgIpc) is 2.80. The van der Waals surface area contributed by atoms with E-state index >= 15 is 0 Å². The number of nitrogens with zero attached hydrogens (tertiary/aromatic N) is 2. The van der Waals surface area contributed by atoms with Gasteiger partial charge in [-0.2, -0.15) is 0 Å². The highest BCUT2D eigenvalue weighted by Crippen LogP contribution is 2.30. The molecular formula is C24H29FN4O3. The highest BCUT2D eigenvalue weighted by atomic mass is 19.1. The third-order valence-electron chi connectivity index (χ3n) is 6.07. The van der Waals surface area contributed by atoms with Gasteiger partial charge in [-0.15, -0.1) is 0 Å². The number of nitrogens with one attached hydrogen (secondary N) is 2. The van der Waals surface area contributed by atoms with Crippen molar-refractivity contribution in [3.63, 3.8) is 0 Å². The van der Waals surface area contributed by atoms with Crippen LogP contribution in [0.3, 0.4) is 0 Å². The number of carbonyl (C=O) groups is 2. The zero-order chi connectivity index (χ0) is 22.5. The van der Waals surface area contributed by atoms with Crippen molar-refractivity contribution in [3.8, 4) is 0 Å². The number of fused-ring (bicyclic) bond motifs is 1. The van der Waals surface area contributed by atoms with Gasteiger partial charge in [-0.05, 0) is 48.2 Å². The van der Waals surface area contributed by atoms with E-state index in [1.165, 1.54) is 35.5 Å². The molecule has 2 aromatic rings. The van der Waals surface area contributed by atoms with Crippen LogP contribution < -0.4 is 15.5 Å². The molecule has 8 heteroatoms. The summed E-state index contributed by atoms with van der Waals surface area (Å²) in [4.78, 5) is 29.3. The molecule has 1 saturated heterocycles. The number of ether oxygens (including phenoxy) is 1. The lowest BCUT2D eigenvalue weighted by atomic mass is 9.95. The Hall–Kier alpha value is -2.97. The zero-order valence-corrected chi connectivity index (χ0v) is 18.3. The molecule has 7 nitrogen and oxygen atoms in total. The van der Waals surface area contributed by atoms with Crippen molar-refractivity contribution in [2.24, 2.45) is 0 Å². The van der Waals surface area contributed by atoms with Gasteiger partial charge in [-0.3, -0.25) is 14.5 Å². The van der Waals surface area contributed by atoms with Crippen LogP contribution in [0.25, 0.3) is 0 Å². The number of hydrogen-bond acceptors (Lipinski definition) is 5. The summed E-state index contributed by atoms with van der Waals surface area (Å²) in [5.41, 5.74) is 3.92. The lowest BCUT2D eigenvalue weighted by Crippen LogP contribution is -2.45. The number of amides is 2. The van der Waals surface area contributed by atoms with Crippen molar-refractivity contribution < 1.29 is 18.7 Å². The first-order valence-electron chi connectivity index (χ1n) is 11.0. The molecule has 2 N–H and O–H groups in total. The molecule has 4 rings (SSSR count). The van der Waals surface area contributed by atoms with E-state index in [-0.39, 0.29) is 11.7 Å². The molecule has 0 bridgehead atoms. The molecule has 1 atom stereocenters. The first-order chi connectivity index (χ1) is 15.5. The van der Waals surface area contributed by atoms with E-state index in [0.717, 1.165) is 38.0 Å².